The van der Waals surface area contributed by atoms with Gasteiger partial charge in [0.25, 0.3) is 0 Å². The highest BCUT2D eigenvalue weighted by Gasteiger charge is 2.35. The van der Waals surface area contributed by atoms with E-state index in [2.05, 4.69) is 22.6 Å². The molecule has 16 heavy (non-hydrogen) atoms. The van der Waals surface area contributed by atoms with E-state index in [4.69, 9.17) is 5.73 Å². The maximum absolute atomic E-state index is 6.02. The predicted molar refractivity (Wildman–Crippen MR) is 66.6 cm³/mol. The molecule has 1 saturated carbocycles. The van der Waals surface area contributed by atoms with Gasteiger partial charge in [0, 0.05) is 10.9 Å². The Morgan fingerprint density at radius 3 is 2.88 bits per heavy atom. The summed E-state index contributed by atoms with van der Waals surface area (Å²) in [5, 5.41) is 6.65. The molecule has 0 amide bonds. The maximum Gasteiger partial charge on any atom is 0.122 e. The van der Waals surface area contributed by atoms with Crippen molar-refractivity contribution in [3.63, 3.8) is 0 Å². The topological polar surface area (TPSA) is 43.8 Å². The third kappa shape index (κ3) is 1.63. The van der Waals surface area contributed by atoms with Crippen LogP contribution in [0.4, 0.5) is 5.82 Å². The molecule has 0 bridgehead atoms. The number of aromatic nitrogens is 2. The molecule has 0 aromatic carbocycles. The van der Waals surface area contributed by atoms with Crippen LogP contribution in [-0.4, -0.2) is 9.78 Å². The van der Waals surface area contributed by atoms with Crippen LogP contribution < -0.4 is 5.73 Å². The van der Waals surface area contributed by atoms with Gasteiger partial charge in [0.15, 0.2) is 0 Å². The lowest BCUT2D eigenvalue weighted by Crippen LogP contribution is -2.15. The molecule has 3 nitrogen and oxygen atoms in total. The van der Waals surface area contributed by atoms with Gasteiger partial charge in [-0.05, 0) is 37.1 Å². The number of nitrogen functional groups attached to an aromatic ring is 1. The van der Waals surface area contributed by atoms with E-state index in [1.165, 1.54) is 17.7 Å². The number of thiophene rings is 1. The molecule has 1 aliphatic carbocycles. The van der Waals surface area contributed by atoms with E-state index < -0.39 is 0 Å². The number of hydrogen-bond donors (Lipinski definition) is 1. The predicted octanol–water partition coefficient (Wildman–Crippen LogP) is 2.83. The number of rotatable bonds is 3. The zero-order chi connectivity index (χ0) is 11.1. The summed E-state index contributed by atoms with van der Waals surface area (Å²) >= 11 is 1.80. The summed E-state index contributed by atoms with van der Waals surface area (Å²) < 4.78 is 2.00. The highest BCUT2D eigenvalue weighted by Crippen LogP contribution is 2.45. The Bertz CT molecular complexity index is 482. The van der Waals surface area contributed by atoms with Gasteiger partial charge in [0.1, 0.15) is 5.82 Å². The van der Waals surface area contributed by atoms with Crippen LogP contribution in [0.3, 0.4) is 0 Å². The zero-order valence-electron chi connectivity index (χ0n) is 9.26. The number of hydrogen-bond acceptors (Lipinski definition) is 3. The van der Waals surface area contributed by atoms with E-state index in [0.29, 0.717) is 6.04 Å². The first-order valence-electron chi connectivity index (χ1n) is 5.61. The van der Waals surface area contributed by atoms with Crippen molar-refractivity contribution in [1.82, 2.24) is 9.78 Å². The lowest BCUT2D eigenvalue weighted by atomic mass is 10.1. The van der Waals surface area contributed by atoms with Crippen molar-refractivity contribution in [1.29, 1.82) is 0 Å². The molecule has 2 aromatic heterocycles. The molecule has 0 aliphatic heterocycles. The fraction of sp³-hybridized carbons (Fsp3) is 0.417. The summed E-state index contributed by atoms with van der Waals surface area (Å²) in [6.45, 7) is 1.99. The molecule has 84 valence electrons. The van der Waals surface area contributed by atoms with Crippen molar-refractivity contribution in [2.24, 2.45) is 5.92 Å². The van der Waals surface area contributed by atoms with Crippen LogP contribution in [0.1, 0.15) is 29.5 Å². The monoisotopic (exact) mass is 233 g/mol. The van der Waals surface area contributed by atoms with Crippen molar-refractivity contribution in [2.75, 3.05) is 5.73 Å². The SMILES string of the molecule is Cc1cc(N)n(C(c2cccs2)C2CC2)n1. The quantitative estimate of drug-likeness (QED) is 0.886. The standard InChI is InChI=1S/C12H15N3S/c1-8-7-11(13)15(14-8)12(9-4-5-9)10-3-2-6-16-10/h2-3,6-7,9,12H,4-5,13H2,1H3. The van der Waals surface area contributed by atoms with Crippen LogP contribution in [0.2, 0.25) is 0 Å². The molecule has 2 aromatic rings. The minimum absolute atomic E-state index is 0.355. The maximum atomic E-state index is 6.02. The molecule has 1 unspecified atom stereocenters. The average molecular weight is 233 g/mol. The van der Waals surface area contributed by atoms with Crippen molar-refractivity contribution >= 4 is 17.2 Å². The molecule has 0 spiro atoms. The zero-order valence-corrected chi connectivity index (χ0v) is 10.1. The Balaban J connectivity index is 2.03. The molecule has 4 heteroatoms. The van der Waals surface area contributed by atoms with Crippen LogP contribution >= 0.6 is 11.3 Å². The summed E-state index contributed by atoms with van der Waals surface area (Å²) in [6, 6.07) is 6.59. The van der Waals surface area contributed by atoms with E-state index in [-0.39, 0.29) is 0 Å². The molecular formula is C12H15N3S. The average Bonchev–Trinajstić information content (AvgIpc) is 2.81. The van der Waals surface area contributed by atoms with Gasteiger partial charge in [-0.1, -0.05) is 6.07 Å². The van der Waals surface area contributed by atoms with E-state index in [1.54, 1.807) is 11.3 Å². The van der Waals surface area contributed by atoms with Crippen molar-refractivity contribution in [3.8, 4) is 0 Å². The molecule has 2 heterocycles. The van der Waals surface area contributed by atoms with E-state index in [1.807, 2.05) is 17.7 Å². The lowest BCUT2D eigenvalue weighted by molar-refractivity contribution is 0.482. The molecule has 2 N–H and O–H groups in total. The number of nitrogens with zero attached hydrogens (tertiary/aromatic N) is 2. The Morgan fingerprint density at radius 2 is 2.38 bits per heavy atom. The van der Waals surface area contributed by atoms with Gasteiger partial charge in [-0.25, -0.2) is 4.68 Å². The Morgan fingerprint density at radius 1 is 1.56 bits per heavy atom. The third-order valence-electron chi connectivity index (χ3n) is 3.05. The molecule has 0 radical (unpaired) electrons. The molecule has 3 rings (SSSR count). The first-order valence-corrected chi connectivity index (χ1v) is 6.48. The lowest BCUT2D eigenvalue weighted by Gasteiger charge is -2.16. The van der Waals surface area contributed by atoms with E-state index >= 15 is 0 Å². The minimum atomic E-state index is 0.355. The van der Waals surface area contributed by atoms with Crippen LogP contribution in [0.15, 0.2) is 23.6 Å². The van der Waals surface area contributed by atoms with Crippen LogP contribution in [0.25, 0.3) is 0 Å². The third-order valence-corrected chi connectivity index (χ3v) is 4.00. The first kappa shape index (κ1) is 9.90. The second-order valence-electron chi connectivity index (χ2n) is 4.45. The largest absolute Gasteiger partial charge is 0.384 e. The van der Waals surface area contributed by atoms with Gasteiger partial charge in [-0.2, -0.15) is 5.10 Å². The molecule has 1 fully saturated rings. The fourth-order valence-electron chi connectivity index (χ4n) is 2.18. The highest BCUT2D eigenvalue weighted by molar-refractivity contribution is 7.10. The molecule has 0 saturated heterocycles. The van der Waals surface area contributed by atoms with Gasteiger partial charge in [0.2, 0.25) is 0 Å². The van der Waals surface area contributed by atoms with Crippen molar-refractivity contribution in [2.45, 2.75) is 25.8 Å². The second kappa shape index (κ2) is 3.63. The summed E-state index contributed by atoms with van der Waals surface area (Å²) in [7, 11) is 0. The van der Waals surface area contributed by atoms with Crippen LogP contribution in [0.5, 0.6) is 0 Å². The van der Waals surface area contributed by atoms with Crippen LogP contribution in [0, 0.1) is 12.8 Å². The van der Waals surface area contributed by atoms with Gasteiger partial charge in [-0.3, -0.25) is 0 Å². The van der Waals surface area contributed by atoms with Gasteiger partial charge in [0.05, 0.1) is 11.7 Å². The fourth-order valence-corrected chi connectivity index (χ4v) is 3.09. The van der Waals surface area contributed by atoms with Gasteiger partial charge >= 0.3 is 0 Å². The van der Waals surface area contributed by atoms with Gasteiger partial charge in [-0.15, -0.1) is 11.3 Å². The molecule has 1 atom stereocenters. The first-order chi connectivity index (χ1) is 7.75. The Hall–Kier alpha value is -1.29. The smallest absolute Gasteiger partial charge is 0.122 e. The summed E-state index contributed by atoms with van der Waals surface area (Å²) in [4.78, 5) is 1.37. The minimum Gasteiger partial charge on any atom is -0.384 e. The van der Waals surface area contributed by atoms with E-state index in [0.717, 1.165) is 17.4 Å². The Labute approximate surface area is 98.9 Å². The number of nitrogens with two attached hydrogens (primary N) is 1. The summed E-state index contributed by atoms with van der Waals surface area (Å²) in [6.07, 6.45) is 2.59. The molecular weight excluding hydrogens is 218 g/mol. The van der Waals surface area contributed by atoms with E-state index in [9.17, 15) is 0 Å². The highest BCUT2D eigenvalue weighted by atomic mass is 32.1. The van der Waals surface area contributed by atoms with Crippen molar-refractivity contribution < 1.29 is 0 Å². The normalized spacial score (nSPS) is 17.6. The number of aryl methyl sites for hydroxylation is 1. The second-order valence-corrected chi connectivity index (χ2v) is 5.43. The number of anilines is 1. The summed E-state index contributed by atoms with van der Waals surface area (Å²) in [5.74, 6) is 1.50. The van der Waals surface area contributed by atoms with Crippen LogP contribution in [-0.2, 0) is 0 Å². The van der Waals surface area contributed by atoms with Gasteiger partial charge < -0.3 is 5.73 Å². The summed E-state index contributed by atoms with van der Waals surface area (Å²) in [5.41, 5.74) is 7.02. The molecule has 1 aliphatic rings. The van der Waals surface area contributed by atoms with Crippen molar-refractivity contribution in [3.05, 3.63) is 34.2 Å². The Kier molecular flexibility index (Phi) is 2.24.